The first-order valence-electron chi connectivity index (χ1n) is 6.50. The van der Waals surface area contributed by atoms with Crippen LogP contribution in [0.4, 0.5) is 61.9 Å². The fourth-order valence-corrected chi connectivity index (χ4v) is 1.68. The Morgan fingerprint density at radius 3 is 1.17 bits per heavy atom. The molecule has 0 aliphatic carbocycles. The summed E-state index contributed by atoms with van der Waals surface area (Å²) in [6, 6.07) is 0. The highest BCUT2D eigenvalue weighted by Crippen LogP contribution is 2.61. The largest absolute Gasteiger partial charge is 0.460 e. The molecule has 0 aliphatic heterocycles. The van der Waals surface area contributed by atoms with Crippen LogP contribution in [0.2, 0.25) is 0 Å². The van der Waals surface area contributed by atoms with Crippen LogP contribution in [-0.4, -0.2) is 69.1 Å². The Morgan fingerprint density at radius 1 is 0.586 bits per heavy atom. The molecule has 0 unspecified atom stereocenters. The average molecular weight is 467 g/mol. The zero-order valence-corrected chi connectivity index (χ0v) is 14.0. The fourth-order valence-electron chi connectivity index (χ4n) is 1.68. The lowest BCUT2D eigenvalue weighted by Crippen LogP contribution is -2.77. The third-order valence-corrected chi connectivity index (χ3v) is 3.37. The number of alkyl carbamates (subject to hydrolysis) is 1. The molecule has 0 aliphatic rings. The number of methoxy groups -OCH3 is 3. The van der Waals surface area contributed by atoms with Gasteiger partial charge in [-0.05, 0) is 0 Å². The second kappa shape index (κ2) is 7.51. The third-order valence-electron chi connectivity index (χ3n) is 3.37. The molecular weight excluding hydrogens is 457 g/mol. The standard InChI is InChI=1S/C11H10F13NO4/c1-27-4(26)25-11(28-2,29-3)9(20,21)7(16,17)5(12,13)6(14,15)8(18,19)10(22,23)24/h1-3H3,(H,25,26). The summed E-state index contributed by atoms with van der Waals surface area (Å²) in [5.74, 6) is -43.5. The van der Waals surface area contributed by atoms with Crippen molar-refractivity contribution in [2.24, 2.45) is 0 Å². The van der Waals surface area contributed by atoms with Gasteiger partial charge < -0.3 is 14.2 Å². The summed E-state index contributed by atoms with van der Waals surface area (Å²) >= 11 is 0. The predicted molar refractivity (Wildman–Crippen MR) is 63.1 cm³/mol. The minimum atomic E-state index is -8.11. The van der Waals surface area contributed by atoms with Gasteiger partial charge >= 0.3 is 47.8 Å². The van der Waals surface area contributed by atoms with Crippen molar-refractivity contribution in [1.82, 2.24) is 5.32 Å². The van der Waals surface area contributed by atoms with Crippen LogP contribution in [0.15, 0.2) is 0 Å². The monoisotopic (exact) mass is 467 g/mol. The van der Waals surface area contributed by atoms with E-state index in [0.29, 0.717) is 12.4 Å². The number of carbonyl (C=O) groups excluding carboxylic acids is 1. The van der Waals surface area contributed by atoms with Crippen molar-refractivity contribution in [3.8, 4) is 0 Å². The molecule has 0 aromatic rings. The van der Waals surface area contributed by atoms with E-state index >= 15 is 0 Å². The van der Waals surface area contributed by atoms with E-state index in [0.717, 1.165) is 0 Å². The molecule has 18 heteroatoms. The van der Waals surface area contributed by atoms with Crippen molar-refractivity contribution < 1.29 is 76.1 Å². The number of halogens is 13. The number of amides is 1. The zero-order valence-electron chi connectivity index (χ0n) is 14.0. The SMILES string of the molecule is COC(=O)NC(OC)(OC)C(F)(F)C(F)(F)C(F)(F)C(F)(F)C(F)(F)C(F)(F)F. The highest BCUT2D eigenvalue weighted by molar-refractivity contribution is 5.67. The quantitative estimate of drug-likeness (QED) is 0.433. The number of rotatable bonds is 8. The van der Waals surface area contributed by atoms with Crippen LogP contribution < -0.4 is 5.32 Å². The summed E-state index contributed by atoms with van der Waals surface area (Å²) in [5, 5.41) is 0.595. The Labute approximate surface area is 152 Å². The van der Waals surface area contributed by atoms with Gasteiger partial charge in [-0.25, -0.2) is 4.79 Å². The Balaban J connectivity index is 6.72. The molecule has 29 heavy (non-hydrogen) atoms. The van der Waals surface area contributed by atoms with Crippen LogP contribution in [0, 0.1) is 0 Å². The van der Waals surface area contributed by atoms with E-state index in [4.69, 9.17) is 0 Å². The Morgan fingerprint density at radius 2 is 0.897 bits per heavy atom. The lowest BCUT2D eigenvalue weighted by Gasteiger charge is -2.44. The summed E-state index contributed by atoms with van der Waals surface area (Å²) in [5.41, 5.74) is 0. The first-order valence-corrected chi connectivity index (χ1v) is 6.50. The van der Waals surface area contributed by atoms with E-state index in [1.807, 2.05) is 0 Å². The number of carbonyl (C=O) groups is 1. The molecule has 0 spiro atoms. The van der Waals surface area contributed by atoms with Gasteiger partial charge in [-0.3, -0.25) is 5.32 Å². The van der Waals surface area contributed by atoms with Gasteiger partial charge in [0.05, 0.1) is 7.11 Å². The second-order valence-corrected chi connectivity index (χ2v) is 5.01. The lowest BCUT2D eigenvalue weighted by atomic mass is 9.92. The van der Waals surface area contributed by atoms with Gasteiger partial charge in [0.1, 0.15) is 0 Å². The minimum Gasteiger partial charge on any atom is -0.453 e. The molecule has 0 heterocycles. The zero-order chi connectivity index (χ0) is 23.9. The van der Waals surface area contributed by atoms with Gasteiger partial charge in [0.25, 0.3) is 0 Å². The van der Waals surface area contributed by atoms with E-state index < -0.39 is 47.8 Å². The highest BCUT2D eigenvalue weighted by atomic mass is 19.4. The van der Waals surface area contributed by atoms with Crippen LogP contribution in [0.3, 0.4) is 0 Å². The number of hydrogen-bond acceptors (Lipinski definition) is 4. The van der Waals surface area contributed by atoms with Crippen molar-refractivity contribution in [2.45, 2.75) is 41.7 Å². The first-order chi connectivity index (χ1) is 12.6. The third kappa shape index (κ3) is 3.64. The topological polar surface area (TPSA) is 56.8 Å². The maximum absolute atomic E-state index is 14.1. The molecule has 1 amide bonds. The van der Waals surface area contributed by atoms with Gasteiger partial charge in [-0.1, -0.05) is 0 Å². The van der Waals surface area contributed by atoms with Crippen molar-refractivity contribution in [2.75, 3.05) is 21.3 Å². The van der Waals surface area contributed by atoms with Crippen molar-refractivity contribution in [3.05, 3.63) is 0 Å². The molecule has 0 atom stereocenters. The fraction of sp³-hybridized carbons (Fsp3) is 0.909. The molecule has 0 saturated carbocycles. The van der Waals surface area contributed by atoms with E-state index in [2.05, 4.69) is 14.2 Å². The number of ether oxygens (including phenoxy) is 3. The van der Waals surface area contributed by atoms with Gasteiger partial charge in [-0.2, -0.15) is 57.1 Å². The lowest BCUT2D eigenvalue weighted by molar-refractivity contribution is -0.467. The van der Waals surface area contributed by atoms with Crippen LogP contribution in [0.1, 0.15) is 0 Å². The maximum Gasteiger partial charge on any atom is 0.460 e. The highest BCUT2D eigenvalue weighted by Gasteiger charge is 2.93. The summed E-state index contributed by atoms with van der Waals surface area (Å²) < 4.78 is 182. The van der Waals surface area contributed by atoms with E-state index in [9.17, 15) is 61.9 Å². The summed E-state index contributed by atoms with van der Waals surface area (Å²) in [6.07, 6.45) is -9.71. The van der Waals surface area contributed by atoms with Crippen LogP contribution >= 0.6 is 0 Å². The smallest absolute Gasteiger partial charge is 0.453 e. The van der Waals surface area contributed by atoms with E-state index in [1.165, 1.54) is 0 Å². The number of nitrogens with one attached hydrogen (secondary N) is 1. The molecular formula is C11H10F13NO4. The van der Waals surface area contributed by atoms with Gasteiger partial charge in [0.2, 0.25) is 0 Å². The summed E-state index contributed by atoms with van der Waals surface area (Å²) in [6.45, 7) is 0. The number of hydrogen-bond donors (Lipinski definition) is 1. The molecule has 0 fully saturated rings. The van der Waals surface area contributed by atoms with Gasteiger partial charge in [-0.15, -0.1) is 0 Å². The Bertz CT molecular complexity index is 600. The van der Waals surface area contributed by atoms with Crippen LogP contribution in [0.25, 0.3) is 0 Å². The van der Waals surface area contributed by atoms with Crippen molar-refractivity contribution in [1.29, 1.82) is 0 Å². The molecule has 0 rings (SSSR count). The van der Waals surface area contributed by atoms with E-state index in [-0.39, 0.29) is 14.2 Å². The van der Waals surface area contributed by atoms with E-state index in [1.54, 1.807) is 0 Å². The van der Waals surface area contributed by atoms with Crippen LogP contribution in [0.5, 0.6) is 0 Å². The average Bonchev–Trinajstić information content (AvgIpc) is 2.57. The Hall–Kier alpha value is -1.72. The summed E-state index contributed by atoms with van der Waals surface area (Å²) in [7, 11) is 0.363. The molecule has 0 aromatic carbocycles. The summed E-state index contributed by atoms with van der Waals surface area (Å²) in [4.78, 5) is 11.0. The molecule has 0 saturated heterocycles. The molecule has 0 aromatic heterocycles. The maximum atomic E-state index is 14.1. The number of alkyl halides is 13. The molecule has 174 valence electrons. The normalized spacial score (nSPS) is 15.3. The molecule has 5 nitrogen and oxygen atoms in total. The van der Waals surface area contributed by atoms with Crippen molar-refractivity contribution >= 4 is 6.09 Å². The molecule has 0 radical (unpaired) electrons. The first kappa shape index (κ1) is 27.3. The predicted octanol–water partition coefficient (Wildman–Crippen LogP) is 4.03. The van der Waals surface area contributed by atoms with Gasteiger partial charge in [0, 0.05) is 14.2 Å². The van der Waals surface area contributed by atoms with Crippen LogP contribution in [-0.2, 0) is 14.2 Å². The molecule has 0 bridgehead atoms. The molecule has 1 N–H and O–H groups in total. The van der Waals surface area contributed by atoms with Gasteiger partial charge in [0.15, 0.2) is 0 Å². The Kier molecular flexibility index (Phi) is 7.07. The second-order valence-electron chi connectivity index (χ2n) is 5.01. The minimum absolute atomic E-state index is 0.0238. The van der Waals surface area contributed by atoms with Crippen molar-refractivity contribution in [3.63, 3.8) is 0 Å².